The van der Waals surface area contributed by atoms with Crippen molar-refractivity contribution >= 4 is 11.7 Å². The summed E-state index contributed by atoms with van der Waals surface area (Å²) in [7, 11) is 0. The number of carboxylic acids is 1. The van der Waals surface area contributed by atoms with Crippen molar-refractivity contribution in [1.29, 1.82) is 0 Å². The Morgan fingerprint density at radius 2 is 2.17 bits per heavy atom. The van der Waals surface area contributed by atoms with E-state index in [1.807, 2.05) is 24.3 Å². The molecule has 1 aliphatic heterocycles. The Hall–Kier alpha value is -1.55. The molecule has 1 fully saturated rings. The van der Waals surface area contributed by atoms with Crippen LogP contribution in [0.25, 0.3) is 0 Å². The number of anilines is 1. The quantitative estimate of drug-likeness (QED) is 0.840. The molecule has 0 saturated carbocycles. The zero-order valence-corrected chi connectivity index (χ0v) is 10.4. The molecular formula is C14H19NO3. The summed E-state index contributed by atoms with van der Waals surface area (Å²) < 4.78 is 5.32. The maximum atomic E-state index is 10.5. The van der Waals surface area contributed by atoms with E-state index in [4.69, 9.17) is 9.84 Å². The van der Waals surface area contributed by atoms with E-state index in [0.717, 1.165) is 37.3 Å². The van der Waals surface area contributed by atoms with Gasteiger partial charge < -0.3 is 15.2 Å². The SMILES string of the molecule is O=C(O)CCc1cccc(NC2CCOCC2)c1. The number of benzene rings is 1. The zero-order valence-electron chi connectivity index (χ0n) is 10.4. The highest BCUT2D eigenvalue weighted by atomic mass is 16.5. The number of hydrogen-bond donors (Lipinski definition) is 2. The molecule has 0 amide bonds. The second-order valence-electron chi connectivity index (χ2n) is 4.63. The van der Waals surface area contributed by atoms with Crippen molar-refractivity contribution in [2.45, 2.75) is 31.7 Å². The topological polar surface area (TPSA) is 58.6 Å². The third-order valence-corrected chi connectivity index (χ3v) is 3.15. The Morgan fingerprint density at radius 3 is 2.89 bits per heavy atom. The van der Waals surface area contributed by atoms with Crippen LogP contribution in [0.3, 0.4) is 0 Å². The summed E-state index contributed by atoms with van der Waals surface area (Å²) in [6.45, 7) is 1.63. The van der Waals surface area contributed by atoms with Gasteiger partial charge in [0.2, 0.25) is 0 Å². The van der Waals surface area contributed by atoms with Crippen LogP contribution in [0.1, 0.15) is 24.8 Å². The van der Waals surface area contributed by atoms with Crippen LogP contribution >= 0.6 is 0 Å². The predicted octanol–water partition coefficient (Wildman–Crippen LogP) is 2.29. The lowest BCUT2D eigenvalue weighted by atomic mass is 10.1. The van der Waals surface area contributed by atoms with Crippen molar-refractivity contribution in [3.05, 3.63) is 29.8 Å². The lowest BCUT2D eigenvalue weighted by Crippen LogP contribution is -2.27. The lowest BCUT2D eigenvalue weighted by molar-refractivity contribution is -0.136. The average molecular weight is 249 g/mol. The van der Waals surface area contributed by atoms with Gasteiger partial charge in [0.05, 0.1) is 0 Å². The summed E-state index contributed by atoms with van der Waals surface area (Å²) in [5.74, 6) is -0.752. The Bertz CT molecular complexity index is 400. The summed E-state index contributed by atoms with van der Waals surface area (Å²) in [6, 6.07) is 8.48. The first-order chi connectivity index (χ1) is 8.74. The minimum absolute atomic E-state index is 0.181. The fourth-order valence-corrected chi connectivity index (χ4v) is 2.15. The normalized spacial score (nSPS) is 16.4. The van der Waals surface area contributed by atoms with E-state index in [0.29, 0.717) is 12.5 Å². The third kappa shape index (κ3) is 4.04. The Morgan fingerprint density at radius 1 is 1.39 bits per heavy atom. The Labute approximate surface area is 107 Å². The molecule has 0 unspecified atom stereocenters. The molecule has 4 nitrogen and oxygen atoms in total. The largest absolute Gasteiger partial charge is 0.481 e. The first-order valence-electron chi connectivity index (χ1n) is 6.39. The molecule has 1 heterocycles. The Kier molecular flexibility index (Phi) is 4.59. The molecule has 0 bridgehead atoms. The molecule has 1 aromatic rings. The highest BCUT2D eigenvalue weighted by molar-refractivity contribution is 5.67. The molecule has 0 radical (unpaired) electrons. The Balaban J connectivity index is 1.91. The van der Waals surface area contributed by atoms with E-state index < -0.39 is 5.97 Å². The first kappa shape index (κ1) is 12.9. The lowest BCUT2D eigenvalue weighted by Gasteiger charge is -2.24. The van der Waals surface area contributed by atoms with Crippen molar-refractivity contribution in [2.75, 3.05) is 18.5 Å². The van der Waals surface area contributed by atoms with Crippen molar-refractivity contribution in [3.63, 3.8) is 0 Å². The van der Waals surface area contributed by atoms with Gasteiger partial charge in [0.25, 0.3) is 0 Å². The predicted molar refractivity (Wildman–Crippen MR) is 69.9 cm³/mol. The van der Waals surface area contributed by atoms with Gasteiger partial charge in [-0.2, -0.15) is 0 Å². The van der Waals surface area contributed by atoms with E-state index in [9.17, 15) is 4.79 Å². The van der Waals surface area contributed by atoms with E-state index in [-0.39, 0.29) is 6.42 Å². The molecule has 4 heteroatoms. The molecule has 1 aliphatic rings. The molecule has 0 aromatic heterocycles. The average Bonchev–Trinajstić information content (AvgIpc) is 2.38. The van der Waals surface area contributed by atoms with E-state index >= 15 is 0 Å². The van der Waals surface area contributed by atoms with Crippen LogP contribution in [0.15, 0.2) is 24.3 Å². The summed E-state index contributed by atoms with van der Waals surface area (Å²) in [6.07, 6.45) is 2.82. The van der Waals surface area contributed by atoms with E-state index in [1.165, 1.54) is 0 Å². The van der Waals surface area contributed by atoms with Crippen LogP contribution < -0.4 is 5.32 Å². The second kappa shape index (κ2) is 6.40. The van der Waals surface area contributed by atoms with Gasteiger partial charge in [0, 0.05) is 31.4 Å². The number of ether oxygens (including phenoxy) is 1. The molecule has 1 saturated heterocycles. The summed E-state index contributed by atoms with van der Waals surface area (Å²) >= 11 is 0. The number of hydrogen-bond acceptors (Lipinski definition) is 3. The number of aliphatic carboxylic acids is 1. The van der Waals surface area contributed by atoms with E-state index in [1.54, 1.807) is 0 Å². The number of rotatable bonds is 5. The van der Waals surface area contributed by atoms with Gasteiger partial charge in [-0.05, 0) is 37.0 Å². The molecule has 18 heavy (non-hydrogen) atoms. The van der Waals surface area contributed by atoms with Crippen LogP contribution in [0.4, 0.5) is 5.69 Å². The maximum Gasteiger partial charge on any atom is 0.303 e. The minimum Gasteiger partial charge on any atom is -0.481 e. The number of carboxylic acid groups (broad SMARTS) is 1. The van der Waals surface area contributed by atoms with Crippen molar-refractivity contribution in [3.8, 4) is 0 Å². The molecule has 0 atom stereocenters. The number of aryl methyl sites for hydroxylation is 1. The first-order valence-corrected chi connectivity index (χ1v) is 6.39. The summed E-state index contributed by atoms with van der Waals surface area (Å²) in [5.41, 5.74) is 2.14. The zero-order chi connectivity index (χ0) is 12.8. The molecule has 98 valence electrons. The fourth-order valence-electron chi connectivity index (χ4n) is 2.15. The van der Waals surface area contributed by atoms with E-state index in [2.05, 4.69) is 5.32 Å². The minimum atomic E-state index is -0.752. The van der Waals surface area contributed by atoms with Crippen LogP contribution in [0.2, 0.25) is 0 Å². The fraction of sp³-hybridized carbons (Fsp3) is 0.500. The van der Waals surface area contributed by atoms with Crippen molar-refractivity contribution in [2.24, 2.45) is 0 Å². The second-order valence-corrected chi connectivity index (χ2v) is 4.63. The summed E-state index contributed by atoms with van der Waals surface area (Å²) in [4.78, 5) is 10.5. The molecule has 0 aliphatic carbocycles. The van der Waals surface area contributed by atoms with Crippen LogP contribution in [0, 0.1) is 0 Å². The van der Waals surface area contributed by atoms with Crippen molar-refractivity contribution in [1.82, 2.24) is 0 Å². The van der Waals surface area contributed by atoms with Crippen LogP contribution in [-0.4, -0.2) is 30.3 Å². The third-order valence-electron chi connectivity index (χ3n) is 3.15. The smallest absolute Gasteiger partial charge is 0.303 e. The number of carbonyl (C=O) groups is 1. The number of nitrogens with one attached hydrogen (secondary N) is 1. The van der Waals surface area contributed by atoms with Gasteiger partial charge in [-0.25, -0.2) is 0 Å². The highest BCUT2D eigenvalue weighted by Gasteiger charge is 2.13. The van der Waals surface area contributed by atoms with Gasteiger partial charge in [0.1, 0.15) is 0 Å². The van der Waals surface area contributed by atoms with Gasteiger partial charge in [-0.1, -0.05) is 12.1 Å². The monoisotopic (exact) mass is 249 g/mol. The van der Waals surface area contributed by atoms with Gasteiger partial charge >= 0.3 is 5.97 Å². The van der Waals surface area contributed by atoms with Gasteiger partial charge in [-0.3, -0.25) is 4.79 Å². The molecular weight excluding hydrogens is 230 g/mol. The van der Waals surface area contributed by atoms with Gasteiger partial charge in [-0.15, -0.1) is 0 Å². The molecule has 2 N–H and O–H groups in total. The van der Waals surface area contributed by atoms with Crippen molar-refractivity contribution < 1.29 is 14.6 Å². The standard InChI is InChI=1S/C14H19NO3/c16-14(17)5-4-11-2-1-3-13(10-11)15-12-6-8-18-9-7-12/h1-3,10,12,15H,4-9H2,(H,16,17). The molecule has 1 aromatic carbocycles. The van der Waals surface area contributed by atoms with Crippen LogP contribution in [0.5, 0.6) is 0 Å². The highest BCUT2D eigenvalue weighted by Crippen LogP contribution is 2.17. The summed E-state index contributed by atoms with van der Waals surface area (Å²) in [5, 5.41) is 12.2. The van der Waals surface area contributed by atoms with Gasteiger partial charge in [0.15, 0.2) is 0 Å². The van der Waals surface area contributed by atoms with Crippen LogP contribution in [-0.2, 0) is 16.0 Å². The molecule has 0 spiro atoms. The maximum absolute atomic E-state index is 10.5. The molecule has 2 rings (SSSR count).